The molecule has 0 atom stereocenters. The molecule has 5 heteroatoms. The predicted octanol–water partition coefficient (Wildman–Crippen LogP) is 1.74. The predicted molar refractivity (Wildman–Crippen MR) is 73.6 cm³/mol. The number of nitrogens with zero attached hydrogens (tertiary/aromatic N) is 4. The summed E-state index contributed by atoms with van der Waals surface area (Å²) < 4.78 is 1.78. The van der Waals surface area contributed by atoms with Crippen LogP contribution < -0.4 is 0 Å². The van der Waals surface area contributed by atoms with Crippen molar-refractivity contribution in [1.82, 2.24) is 19.4 Å². The summed E-state index contributed by atoms with van der Waals surface area (Å²) in [5.74, 6) is 0.661. The van der Waals surface area contributed by atoms with E-state index in [0.717, 1.165) is 11.4 Å². The minimum atomic E-state index is -0.0705. The Balaban J connectivity index is 2.31. The van der Waals surface area contributed by atoms with Crippen molar-refractivity contribution in [3.8, 4) is 11.4 Å². The third kappa shape index (κ3) is 2.88. The molecule has 0 amide bonds. The summed E-state index contributed by atoms with van der Waals surface area (Å²) in [6.07, 6.45) is 8.28. The van der Waals surface area contributed by atoms with Crippen molar-refractivity contribution < 1.29 is 4.79 Å². The Morgan fingerprint density at radius 1 is 1.37 bits per heavy atom. The molecule has 0 aliphatic rings. The molecule has 2 aromatic rings. The molecule has 98 valence electrons. The molecule has 2 aromatic heterocycles. The van der Waals surface area contributed by atoms with Gasteiger partial charge in [-0.3, -0.25) is 9.78 Å². The second-order valence-corrected chi connectivity index (χ2v) is 4.41. The van der Waals surface area contributed by atoms with Crippen molar-refractivity contribution in [1.29, 1.82) is 0 Å². The van der Waals surface area contributed by atoms with Crippen LogP contribution in [0.4, 0.5) is 0 Å². The van der Waals surface area contributed by atoms with Crippen LogP contribution in [0.15, 0.2) is 43.0 Å². The number of imidazole rings is 1. The highest BCUT2D eigenvalue weighted by molar-refractivity contribution is 6.03. The van der Waals surface area contributed by atoms with Crippen LogP contribution in [0, 0.1) is 0 Å². The van der Waals surface area contributed by atoms with Crippen LogP contribution in [-0.4, -0.2) is 39.3 Å². The van der Waals surface area contributed by atoms with Gasteiger partial charge in [0, 0.05) is 51.4 Å². The molecule has 19 heavy (non-hydrogen) atoms. The van der Waals surface area contributed by atoms with Gasteiger partial charge >= 0.3 is 0 Å². The van der Waals surface area contributed by atoms with Gasteiger partial charge in [0.05, 0.1) is 6.20 Å². The van der Waals surface area contributed by atoms with E-state index in [2.05, 4.69) is 9.97 Å². The second-order valence-electron chi connectivity index (χ2n) is 4.41. The molecule has 0 aliphatic heterocycles. The van der Waals surface area contributed by atoms with Crippen LogP contribution in [0.25, 0.3) is 11.4 Å². The average molecular weight is 256 g/mol. The van der Waals surface area contributed by atoms with Gasteiger partial charge in [-0.25, -0.2) is 4.98 Å². The van der Waals surface area contributed by atoms with Crippen molar-refractivity contribution in [3.05, 3.63) is 48.7 Å². The standard InChI is InChI=1S/C14H16N4O/c1-17(2)8-6-13(19)12-10-16-14(18(12)3)11-5-4-7-15-9-11/h4-10H,1-3H3/b8-6+. The molecule has 0 saturated carbocycles. The van der Waals surface area contributed by atoms with E-state index in [-0.39, 0.29) is 5.78 Å². The first-order valence-corrected chi connectivity index (χ1v) is 5.90. The number of pyridine rings is 1. The number of carbonyl (C=O) groups excluding carboxylic acids is 1. The maximum absolute atomic E-state index is 12.0. The van der Waals surface area contributed by atoms with Gasteiger partial charge in [0.15, 0.2) is 0 Å². The minimum Gasteiger partial charge on any atom is -0.383 e. The zero-order chi connectivity index (χ0) is 13.8. The van der Waals surface area contributed by atoms with E-state index in [9.17, 15) is 4.79 Å². The van der Waals surface area contributed by atoms with Crippen LogP contribution in [0.5, 0.6) is 0 Å². The molecule has 0 fully saturated rings. The normalized spacial score (nSPS) is 10.9. The Kier molecular flexibility index (Phi) is 3.75. The number of ketones is 1. The lowest BCUT2D eigenvalue weighted by Gasteiger charge is -2.05. The first kappa shape index (κ1) is 13.0. The van der Waals surface area contributed by atoms with E-state index in [1.807, 2.05) is 38.2 Å². The fourth-order valence-corrected chi connectivity index (χ4v) is 1.70. The minimum absolute atomic E-state index is 0.0705. The van der Waals surface area contributed by atoms with E-state index < -0.39 is 0 Å². The molecule has 0 saturated heterocycles. The smallest absolute Gasteiger partial charge is 0.205 e. The van der Waals surface area contributed by atoms with E-state index in [1.54, 1.807) is 29.4 Å². The Labute approximate surface area is 112 Å². The lowest BCUT2D eigenvalue weighted by molar-refractivity contribution is 0.103. The number of hydrogen-bond donors (Lipinski definition) is 0. The van der Waals surface area contributed by atoms with Crippen LogP contribution in [0.3, 0.4) is 0 Å². The van der Waals surface area contributed by atoms with Crippen LogP contribution in [-0.2, 0) is 7.05 Å². The summed E-state index contributed by atoms with van der Waals surface area (Å²) in [5.41, 5.74) is 1.44. The van der Waals surface area contributed by atoms with Gasteiger partial charge < -0.3 is 9.47 Å². The van der Waals surface area contributed by atoms with Crippen LogP contribution >= 0.6 is 0 Å². The molecule has 5 nitrogen and oxygen atoms in total. The Bertz CT molecular complexity index is 599. The lowest BCUT2D eigenvalue weighted by atomic mass is 10.2. The largest absolute Gasteiger partial charge is 0.383 e. The van der Waals surface area contributed by atoms with Crippen LogP contribution in [0.1, 0.15) is 10.5 Å². The molecule has 0 aromatic carbocycles. The fourth-order valence-electron chi connectivity index (χ4n) is 1.70. The topological polar surface area (TPSA) is 51.0 Å². The third-order valence-electron chi connectivity index (χ3n) is 2.68. The molecule has 2 heterocycles. The molecule has 0 radical (unpaired) electrons. The highest BCUT2D eigenvalue weighted by Crippen LogP contribution is 2.17. The number of aromatic nitrogens is 3. The molecule has 0 N–H and O–H groups in total. The zero-order valence-corrected chi connectivity index (χ0v) is 11.2. The molecule has 0 spiro atoms. The van der Waals surface area contributed by atoms with Gasteiger partial charge in [-0.05, 0) is 12.1 Å². The SMILES string of the molecule is CN(C)/C=C/C(=O)c1cnc(-c2cccnc2)n1C. The molecule has 0 aliphatic carbocycles. The number of carbonyl (C=O) groups is 1. The maximum atomic E-state index is 12.0. The van der Waals surface area contributed by atoms with Crippen molar-refractivity contribution in [2.45, 2.75) is 0 Å². The summed E-state index contributed by atoms with van der Waals surface area (Å²) >= 11 is 0. The fraction of sp³-hybridized carbons (Fsp3) is 0.214. The average Bonchev–Trinajstić information content (AvgIpc) is 2.79. The molecule has 0 unspecified atom stereocenters. The Morgan fingerprint density at radius 2 is 2.16 bits per heavy atom. The van der Waals surface area contributed by atoms with Crippen molar-refractivity contribution in [3.63, 3.8) is 0 Å². The summed E-state index contributed by atoms with van der Waals surface area (Å²) in [4.78, 5) is 22.2. The van der Waals surface area contributed by atoms with E-state index in [1.165, 1.54) is 6.08 Å². The third-order valence-corrected chi connectivity index (χ3v) is 2.68. The first-order valence-electron chi connectivity index (χ1n) is 5.90. The van der Waals surface area contributed by atoms with E-state index in [4.69, 9.17) is 0 Å². The number of hydrogen-bond acceptors (Lipinski definition) is 4. The quantitative estimate of drug-likeness (QED) is 0.617. The Hall–Kier alpha value is -2.43. The first-order chi connectivity index (χ1) is 9.09. The zero-order valence-electron chi connectivity index (χ0n) is 11.2. The van der Waals surface area contributed by atoms with Gasteiger partial charge in [0.1, 0.15) is 11.5 Å². The highest BCUT2D eigenvalue weighted by Gasteiger charge is 2.12. The summed E-state index contributed by atoms with van der Waals surface area (Å²) in [7, 11) is 5.56. The second kappa shape index (κ2) is 5.48. The summed E-state index contributed by atoms with van der Waals surface area (Å²) in [6, 6.07) is 3.76. The number of allylic oxidation sites excluding steroid dienone is 1. The van der Waals surface area contributed by atoms with Crippen LogP contribution in [0.2, 0.25) is 0 Å². The summed E-state index contributed by atoms with van der Waals surface area (Å²) in [6.45, 7) is 0. The van der Waals surface area contributed by atoms with Gasteiger partial charge in [-0.2, -0.15) is 0 Å². The monoisotopic (exact) mass is 256 g/mol. The van der Waals surface area contributed by atoms with Crippen molar-refractivity contribution >= 4 is 5.78 Å². The van der Waals surface area contributed by atoms with E-state index >= 15 is 0 Å². The van der Waals surface area contributed by atoms with Gasteiger partial charge in [-0.15, -0.1) is 0 Å². The molecule has 2 rings (SSSR count). The number of rotatable bonds is 4. The van der Waals surface area contributed by atoms with Gasteiger partial charge in [0.25, 0.3) is 0 Å². The molecular formula is C14H16N4O. The summed E-state index contributed by atoms with van der Waals surface area (Å²) in [5, 5.41) is 0. The molecule has 0 bridgehead atoms. The lowest BCUT2D eigenvalue weighted by Crippen LogP contribution is -2.07. The van der Waals surface area contributed by atoms with Crippen molar-refractivity contribution in [2.24, 2.45) is 7.05 Å². The van der Waals surface area contributed by atoms with Crippen molar-refractivity contribution in [2.75, 3.05) is 14.1 Å². The van der Waals surface area contributed by atoms with Gasteiger partial charge in [-0.1, -0.05) is 0 Å². The molecular weight excluding hydrogens is 240 g/mol. The Morgan fingerprint density at radius 3 is 2.79 bits per heavy atom. The van der Waals surface area contributed by atoms with Gasteiger partial charge in [0.2, 0.25) is 5.78 Å². The maximum Gasteiger partial charge on any atom is 0.205 e. The highest BCUT2D eigenvalue weighted by atomic mass is 16.1. The van der Waals surface area contributed by atoms with E-state index in [0.29, 0.717) is 5.69 Å².